The molecule has 0 saturated carbocycles. The molecule has 15 heavy (non-hydrogen) atoms. The van der Waals surface area contributed by atoms with E-state index in [4.69, 9.17) is 5.73 Å². The Kier molecular flexibility index (Phi) is 3.80. The van der Waals surface area contributed by atoms with E-state index >= 15 is 0 Å². The molecule has 0 spiro atoms. The molecular formula is C12H13NO2. The number of benzene rings is 1. The van der Waals surface area contributed by atoms with Gasteiger partial charge < -0.3 is 5.73 Å². The standard InChI is InChI=1S/C12H13NO2/c1-2-9(8-14)7-10-3-5-11(6-4-10)12(13)15/h3-8H,2H2,1H3,(H2,13,15). The molecule has 1 amide bonds. The normalized spacial score (nSPS) is 11.1. The van der Waals surface area contributed by atoms with Crippen LogP contribution in [0.4, 0.5) is 0 Å². The molecule has 0 bridgehead atoms. The van der Waals surface area contributed by atoms with Gasteiger partial charge in [-0.2, -0.15) is 0 Å². The highest BCUT2D eigenvalue weighted by Crippen LogP contribution is 2.09. The maximum absolute atomic E-state index is 10.8. The fourth-order valence-electron chi connectivity index (χ4n) is 1.18. The molecular weight excluding hydrogens is 190 g/mol. The lowest BCUT2D eigenvalue weighted by molar-refractivity contribution is -0.104. The van der Waals surface area contributed by atoms with Crippen LogP contribution in [-0.2, 0) is 4.79 Å². The fourth-order valence-corrected chi connectivity index (χ4v) is 1.18. The van der Waals surface area contributed by atoms with Crippen molar-refractivity contribution in [1.29, 1.82) is 0 Å². The molecule has 1 rings (SSSR count). The van der Waals surface area contributed by atoms with Gasteiger partial charge in [0.1, 0.15) is 6.29 Å². The van der Waals surface area contributed by atoms with Gasteiger partial charge in [-0.1, -0.05) is 19.1 Å². The highest BCUT2D eigenvalue weighted by Gasteiger charge is 1.98. The maximum atomic E-state index is 10.8. The number of rotatable bonds is 4. The molecule has 78 valence electrons. The first-order valence-corrected chi connectivity index (χ1v) is 4.73. The molecule has 0 fully saturated rings. The molecule has 0 heterocycles. The van der Waals surface area contributed by atoms with Crippen molar-refractivity contribution >= 4 is 18.3 Å². The Bertz CT molecular complexity index is 391. The van der Waals surface area contributed by atoms with Crippen LogP contribution in [-0.4, -0.2) is 12.2 Å². The van der Waals surface area contributed by atoms with E-state index < -0.39 is 5.91 Å². The smallest absolute Gasteiger partial charge is 0.248 e. The van der Waals surface area contributed by atoms with Gasteiger partial charge in [0, 0.05) is 5.56 Å². The van der Waals surface area contributed by atoms with Crippen LogP contribution in [0.25, 0.3) is 6.08 Å². The molecule has 0 atom stereocenters. The predicted molar refractivity (Wildman–Crippen MR) is 59.3 cm³/mol. The van der Waals surface area contributed by atoms with Crippen molar-refractivity contribution in [3.05, 3.63) is 41.0 Å². The summed E-state index contributed by atoms with van der Waals surface area (Å²) in [6.07, 6.45) is 3.32. The molecule has 1 aromatic carbocycles. The van der Waals surface area contributed by atoms with Crippen LogP contribution in [0.15, 0.2) is 29.8 Å². The van der Waals surface area contributed by atoms with Crippen LogP contribution in [0.1, 0.15) is 29.3 Å². The second-order valence-electron chi connectivity index (χ2n) is 3.18. The van der Waals surface area contributed by atoms with Gasteiger partial charge >= 0.3 is 0 Å². The summed E-state index contributed by atoms with van der Waals surface area (Å²) in [7, 11) is 0. The number of nitrogens with two attached hydrogens (primary N) is 1. The van der Waals surface area contributed by atoms with Crippen LogP contribution >= 0.6 is 0 Å². The largest absolute Gasteiger partial charge is 0.366 e. The molecule has 0 radical (unpaired) electrons. The minimum atomic E-state index is -0.448. The average Bonchev–Trinajstić information content (AvgIpc) is 2.26. The Hall–Kier alpha value is -1.90. The first-order chi connectivity index (χ1) is 7.17. The minimum absolute atomic E-state index is 0.448. The van der Waals surface area contributed by atoms with Crippen molar-refractivity contribution in [2.75, 3.05) is 0 Å². The average molecular weight is 203 g/mol. The quantitative estimate of drug-likeness (QED) is 0.599. The lowest BCUT2D eigenvalue weighted by Gasteiger charge is -1.98. The van der Waals surface area contributed by atoms with Gasteiger partial charge in [-0.25, -0.2) is 0 Å². The number of primary amides is 1. The van der Waals surface area contributed by atoms with Gasteiger partial charge in [-0.05, 0) is 35.8 Å². The Morgan fingerprint density at radius 3 is 2.33 bits per heavy atom. The zero-order valence-electron chi connectivity index (χ0n) is 8.57. The lowest BCUT2D eigenvalue weighted by Crippen LogP contribution is -2.10. The first-order valence-electron chi connectivity index (χ1n) is 4.73. The Morgan fingerprint density at radius 2 is 1.93 bits per heavy atom. The van der Waals surface area contributed by atoms with Crippen LogP contribution in [0.5, 0.6) is 0 Å². The molecule has 1 aromatic rings. The third-order valence-corrected chi connectivity index (χ3v) is 2.11. The van der Waals surface area contributed by atoms with E-state index in [0.29, 0.717) is 12.0 Å². The summed E-state index contributed by atoms with van der Waals surface area (Å²) in [6, 6.07) is 6.82. The van der Waals surface area contributed by atoms with Gasteiger partial charge in [0.15, 0.2) is 0 Å². The molecule has 0 aliphatic carbocycles. The SMILES string of the molecule is CCC(C=O)=Cc1ccc(C(N)=O)cc1. The lowest BCUT2D eigenvalue weighted by atomic mass is 10.1. The molecule has 0 saturated heterocycles. The van der Waals surface area contributed by atoms with Gasteiger partial charge in [-0.15, -0.1) is 0 Å². The van der Waals surface area contributed by atoms with Crippen LogP contribution < -0.4 is 5.73 Å². The third-order valence-electron chi connectivity index (χ3n) is 2.11. The Labute approximate surface area is 88.6 Å². The fraction of sp³-hybridized carbons (Fsp3) is 0.167. The number of allylic oxidation sites excluding steroid dienone is 1. The topological polar surface area (TPSA) is 60.2 Å². The highest BCUT2D eigenvalue weighted by atomic mass is 16.1. The van der Waals surface area contributed by atoms with Crippen molar-refractivity contribution in [1.82, 2.24) is 0 Å². The summed E-state index contributed by atoms with van der Waals surface area (Å²) < 4.78 is 0. The number of hydrogen-bond acceptors (Lipinski definition) is 2. The summed E-state index contributed by atoms with van der Waals surface area (Å²) in [6.45, 7) is 1.91. The second kappa shape index (κ2) is 5.10. The molecule has 2 N–H and O–H groups in total. The minimum Gasteiger partial charge on any atom is -0.366 e. The number of carbonyl (C=O) groups is 2. The Morgan fingerprint density at radius 1 is 1.33 bits per heavy atom. The zero-order chi connectivity index (χ0) is 11.3. The number of carbonyl (C=O) groups excluding carboxylic acids is 2. The summed E-state index contributed by atoms with van der Waals surface area (Å²) in [5.41, 5.74) is 7.19. The number of hydrogen-bond donors (Lipinski definition) is 1. The van der Waals surface area contributed by atoms with Crippen molar-refractivity contribution in [3.8, 4) is 0 Å². The van der Waals surface area contributed by atoms with E-state index in [9.17, 15) is 9.59 Å². The van der Waals surface area contributed by atoms with Crippen molar-refractivity contribution in [2.45, 2.75) is 13.3 Å². The molecule has 0 aliphatic heterocycles. The van der Waals surface area contributed by atoms with E-state index in [-0.39, 0.29) is 0 Å². The van der Waals surface area contributed by atoms with E-state index in [1.165, 1.54) is 0 Å². The molecule has 0 aromatic heterocycles. The highest BCUT2D eigenvalue weighted by molar-refractivity contribution is 5.93. The summed E-state index contributed by atoms with van der Waals surface area (Å²) in [4.78, 5) is 21.4. The van der Waals surface area contributed by atoms with Gasteiger partial charge in [0.05, 0.1) is 0 Å². The van der Waals surface area contributed by atoms with Gasteiger partial charge in [0.25, 0.3) is 0 Å². The summed E-state index contributed by atoms with van der Waals surface area (Å²) in [5.74, 6) is -0.448. The maximum Gasteiger partial charge on any atom is 0.248 e. The van der Waals surface area contributed by atoms with E-state index in [1.807, 2.05) is 6.92 Å². The zero-order valence-corrected chi connectivity index (χ0v) is 8.57. The van der Waals surface area contributed by atoms with Crippen LogP contribution in [0.2, 0.25) is 0 Å². The van der Waals surface area contributed by atoms with Gasteiger partial charge in [0.2, 0.25) is 5.91 Å². The first kappa shape index (κ1) is 11.2. The molecule has 0 aliphatic rings. The number of aldehydes is 1. The monoisotopic (exact) mass is 203 g/mol. The predicted octanol–water partition coefficient (Wildman–Crippen LogP) is 1.78. The van der Waals surface area contributed by atoms with Crippen LogP contribution in [0.3, 0.4) is 0 Å². The van der Waals surface area contributed by atoms with E-state index in [0.717, 1.165) is 17.4 Å². The number of amides is 1. The second-order valence-corrected chi connectivity index (χ2v) is 3.18. The molecule has 3 heteroatoms. The van der Waals surface area contributed by atoms with Crippen molar-refractivity contribution < 1.29 is 9.59 Å². The van der Waals surface area contributed by atoms with Crippen molar-refractivity contribution in [2.24, 2.45) is 5.73 Å². The van der Waals surface area contributed by atoms with E-state index in [2.05, 4.69) is 0 Å². The summed E-state index contributed by atoms with van der Waals surface area (Å²) >= 11 is 0. The summed E-state index contributed by atoms with van der Waals surface area (Å²) in [5, 5.41) is 0. The Balaban J connectivity index is 2.94. The van der Waals surface area contributed by atoms with E-state index in [1.54, 1.807) is 30.3 Å². The van der Waals surface area contributed by atoms with Crippen LogP contribution in [0, 0.1) is 0 Å². The third kappa shape index (κ3) is 3.06. The van der Waals surface area contributed by atoms with Gasteiger partial charge in [-0.3, -0.25) is 9.59 Å². The van der Waals surface area contributed by atoms with Crippen molar-refractivity contribution in [3.63, 3.8) is 0 Å². The molecule has 0 unspecified atom stereocenters. The molecule has 3 nitrogen and oxygen atoms in total.